The van der Waals surface area contributed by atoms with E-state index in [1.807, 2.05) is 0 Å². The normalized spacial score (nSPS) is 20.1. The van der Waals surface area contributed by atoms with Crippen molar-refractivity contribution in [2.75, 3.05) is 19.8 Å². The number of unbranched alkanes of at least 4 members (excludes halogenated alkanes) is 1. The number of nitrogens with one attached hydrogen (secondary N) is 1. The lowest BCUT2D eigenvalue weighted by Crippen LogP contribution is -2.30. The first-order valence-corrected chi connectivity index (χ1v) is 3.90. The summed E-state index contributed by atoms with van der Waals surface area (Å²) in [5.41, 5.74) is 0. The Morgan fingerprint density at radius 1 is 1.40 bits per heavy atom. The molecule has 1 fully saturated rings. The van der Waals surface area contributed by atoms with Gasteiger partial charge in [0.05, 0.1) is 13.2 Å². The van der Waals surface area contributed by atoms with Crippen LogP contribution in [0, 0.1) is 0 Å². The third-order valence-electron chi connectivity index (χ3n) is 1.46. The Morgan fingerprint density at radius 3 is 2.70 bits per heavy atom. The van der Waals surface area contributed by atoms with Gasteiger partial charge in [-0.25, -0.2) is 0 Å². The van der Waals surface area contributed by atoms with Crippen LogP contribution in [0.15, 0.2) is 0 Å². The summed E-state index contributed by atoms with van der Waals surface area (Å²) in [5, 5.41) is 3.14. The Morgan fingerprint density at radius 2 is 2.10 bits per heavy atom. The minimum Gasteiger partial charge on any atom is -0.337 e. The molecule has 0 aromatic carbocycles. The van der Waals surface area contributed by atoms with Crippen molar-refractivity contribution in [3.05, 3.63) is 0 Å². The highest BCUT2D eigenvalue weighted by atomic mass is 16.7. The molecule has 1 N–H and O–H groups in total. The summed E-state index contributed by atoms with van der Waals surface area (Å²) < 4.78 is 10.3. The highest BCUT2D eigenvalue weighted by Gasteiger charge is 2.13. The van der Waals surface area contributed by atoms with Crippen LogP contribution >= 0.6 is 0 Å². The minimum atomic E-state index is -0.133. The molecular weight excluding hydrogens is 130 g/mol. The molecule has 1 heterocycles. The van der Waals surface area contributed by atoms with E-state index in [-0.39, 0.29) is 6.41 Å². The van der Waals surface area contributed by atoms with Crippen LogP contribution in [0.2, 0.25) is 0 Å². The van der Waals surface area contributed by atoms with Gasteiger partial charge in [-0.3, -0.25) is 5.32 Å². The van der Waals surface area contributed by atoms with Gasteiger partial charge in [0.15, 0.2) is 0 Å². The SMILES string of the molecule is CCCCNC1OCCO1. The number of ether oxygens (including phenoxy) is 2. The van der Waals surface area contributed by atoms with Crippen molar-refractivity contribution >= 4 is 0 Å². The summed E-state index contributed by atoms with van der Waals surface area (Å²) in [5.74, 6) is 0. The molecule has 3 nitrogen and oxygen atoms in total. The molecule has 0 aliphatic carbocycles. The van der Waals surface area contributed by atoms with E-state index >= 15 is 0 Å². The maximum atomic E-state index is 5.17. The Kier molecular flexibility index (Phi) is 3.72. The van der Waals surface area contributed by atoms with Gasteiger partial charge in [-0.15, -0.1) is 0 Å². The standard InChI is InChI=1S/C7H15NO2/c1-2-3-4-8-7-9-5-6-10-7/h7-8H,2-6H2,1H3. The van der Waals surface area contributed by atoms with Gasteiger partial charge in [-0.05, 0) is 13.0 Å². The summed E-state index contributed by atoms with van der Waals surface area (Å²) >= 11 is 0. The number of hydrogen-bond acceptors (Lipinski definition) is 3. The number of hydrogen-bond donors (Lipinski definition) is 1. The summed E-state index contributed by atoms with van der Waals surface area (Å²) in [4.78, 5) is 0. The maximum Gasteiger partial charge on any atom is 0.216 e. The van der Waals surface area contributed by atoms with Crippen LogP contribution in [0.4, 0.5) is 0 Å². The molecule has 0 saturated carbocycles. The van der Waals surface area contributed by atoms with Crippen LogP contribution in [0.1, 0.15) is 19.8 Å². The van der Waals surface area contributed by atoms with Crippen LogP contribution in [0.25, 0.3) is 0 Å². The van der Waals surface area contributed by atoms with Gasteiger partial charge in [0.25, 0.3) is 0 Å². The van der Waals surface area contributed by atoms with E-state index in [9.17, 15) is 0 Å². The monoisotopic (exact) mass is 145 g/mol. The summed E-state index contributed by atoms with van der Waals surface area (Å²) in [7, 11) is 0. The van der Waals surface area contributed by atoms with Crippen molar-refractivity contribution in [3.63, 3.8) is 0 Å². The van der Waals surface area contributed by atoms with Gasteiger partial charge < -0.3 is 9.47 Å². The fourth-order valence-corrected chi connectivity index (χ4v) is 0.873. The van der Waals surface area contributed by atoms with E-state index in [1.165, 1.54) is 12.8 Å². The molecule has 10 heavy (non-hydrogen) atoms. The fourth-order valence-electron chi connectivity index (χ4n) is 0.873. The zero-order valence-electron chi connectivity index (χ0n) is 6.43. The average molecular weight is 145 g/mol. The zero-order valence-corrected chi connectivity index (χ0v) is 6.43. The van der Waals surface area contributed by atoms with Crippen molar-refractivity contribution in [2.24, 2.45) is 0 Å². The predicted molar refractivity (Wildman–Crippen MR) is 38.6 cm³/mol. The molecule has 3 heteroatoms. The molecule has 0 aromatic rings. The number of rotatable bonds is 4. The molecule has 0 atom stereocenters. The molecule has 0 amide bonds. The lowest BCUT2D eigenvalue weighted by atomic mass is 10.3. The van der Waals surface area contributed by atoms with Gasteiger partial charge in [-0.2, -0.15) is 0 Å². The third-order valence-corrected chi connectivity index (χ3v) is 1.46. The van der Waals surface area contributed by atoms with Crippen LogP contribution in [-0.4, -0.2) is 26.2 Å². The third kappa shape index (κ3) is 2.64. The Balaban J connectivity index is 1.91. The summed E-state index contributed by atoms with van der Waals surface area (Å²) in [6.07, 6.45) is 2.26. The molecule has 0 radical (unpaired) electrons. The quantitative estimate of drug-likeness (QED) is 0.591. The molecule has 1 rings (SSSR count). The Bertz CT molecular complexity index is 81.7. The molecule has 0 unspecified atom stereocenters. The van der Waals surface area contributed by atoms with Crippen molar-refractivity contribution in [3.8, 4) is 0 Å². The van der Waals surface area contributed by atoms with E-state index in [2.05, 4.69) is 12.2 Å². The van der Waals surface area contributed by atoms with Crippen LogP contribution in [0.3, 0.4) is 0 Å². The molecule has 1 aliphatic heterocycles. The largest absolute Gasteiger partial charge is 0.337 e. The lowest BCUT2D eigenvalue weighted by molar-refractivity contribution is -0.0660. The van der Waals surface area contributed by atoms with E-state index in [0.29, 0.717) is 0 Å². The molecular formula is C7H15NO2. The van der Waals surface area contributed by atoms with Gasteiger partial charge in [-0.1, -0.05) is 13.3 Å². The van der Waals surface area contributed by atoms with E-state index in [1.54, 1.807) is 0 Å². The van der Waals surface area contributed by atoms with Crippen molar-refractivity contribution in [1.82, 2.24) is 5.32 Å². The topological polar surface area (TPSA) is 30.5 Å². The molecule has 60 valence electrons. The smallest absolute Gasteiger partial charge is 0.216 e. The summed E-state index contributed by atoms with van der Waals surface area (Å²) in [6.45, 7) is 4.60. The fraction of sp³-hybridized carbons (Fsp3) is 1.00. The van der Waals surface area contributed by atoms with Crippen LogP contribution in [0.5, 0.6) is 0 Å². The average Bonchev–Trinajstić information content (AvgIpc) is 2.41. The van der Waals surface area contributed by atoms with Gasteiger partial charge in [0.1, 0.15) is 0 Å². The minimum absolute atomic E-state index is 0.133. The second-order valence-electron chi connectivity index (χ2n) is 2.38. The molecule has 0 bridgehead atoms. The second kappa shape index (κ2) is 4.66. The summed E-state index contributed by atoms with van der Waals surface area (Å²) in [6, 6.07) is 0. The van der Waals surface area contributed by atoms with E-state index in [4.69, 9.17) is 9.47 Å². The van der Waals surface area contributed by atoms with Crippen molar-refractivity contribution in [2.45, 2.75) is 26.2 Å². The highest BCUT2D eigenvalue weighted by Crippen LogP contribution is 1.99. The molecule has 0 spiro atoms. The van der Waals surface area contributed by atoms with E-state index in [0.717, 1.165) is 19.8 Å². The first-order chi connectivity index (χ1) is 4.93. The first-order valence-electron chi connectivity index (χ1n) is 3.90. The van der Waals surface area contributed by atoms with Crippen LogP contribution < -0.4 is 5.32 Å². The van der Waals surface area contributed by atoms with Gasteiger partial charge >= 0.3 is 0 Å². The Hall–Kier alpha value is -0.120. The van der Waals surface area contributed by atoms with E-state index < -0.39 is 0 Å². The molecule has 1 saturated heterocycles. The van der Waals surface area contributed by atoms with Crippen LogP contribution in [-0.2, 0) is 9.47 Å². The van der Waals surface area contributed by atoms with Crippen molar-refractivity contribution < 1.29 is 9.47 Å². The first kappa shape index (κ1) is 7.98. The van der Waals surface area contributed by atoms with Crippen molar-refractivity contribution in [1.29, 1.82) is 0 Å². The molecule has 0 aromatic heterocycles. The predicted octanol–water partition coefficient (Wildman–Crippen LogP) is 0.706. The molecule has 1 aliphatic rings. The maximum absolute atomic E-state index is 5.17. The van der Waals surface area contributed by atoms with Gasteiger partial charge in [0, 0.05) is 0 Å². The second-order valence-corrected chi connectivity index (χ2v) is 2.38. The highest BCUT2D eigenvalue weighted by molar-refractivity contribution is 4.49. The lowest BCUT2D eigenvalue weighted by Gasteiger charge is -2.09. The van der Waals surface area contributed by atoms with Gasteiger partial charge in [0.2, 0.25) is 6.41 Å². The Labute approximate surface area is 61.7 Å². The zero-order chi connectivity index (χ0) is 7.23.